The number of nitrogens with zero attached hydrogens (tertiary/aromatic N) is 2. The maximum atomic E-state index is 12.4. The van der Waals surface area contributed by atoms with Crippen LogP contribution in [0.1, 0.15) is 19.3 Å². The molecule has 0 saturated carbocycles. The summed E-state index contributed by atoms with van der Waals surface area (Å²) in [5.74, 6) is 0.655. The number of anilines is 2. The number of amides is 1. The molecule has 2 fully saturated rings. The summed E-state index contributed by atoms with van der Waals surface area (Å²) in [6.07, 6.45) is 2.87. The second kappa shape index (κ2) is 7.79. The quantitative estimate of drug-likeness (QED) is 0.925. The molecule has 0 aromatic heterocycles. The van der Waals surface area contributed by atoms with Gasteiger partial charge in [-0.3, -0.25) is 4.79 Å². The van der Waals surface area contributed by atoms with E-state index in [-0.39, 0.29) is 5.91 Å². The van der Waals surface area contributed by atoms with Gasteiger partial charge in [0.15, 0.2) is 0 Å². The van der Waals surface area contributed by atoms with Gasteiger partial charge in [-0.1, -0.05) is 12.1 Å². The van der Waals surface area contributed by atoms with E-state index in [1.165, 1.54) is 0 Å². The monoisotopic (exact) mass is 317 g/mol. The fraction of sp³-hybridized carbons (Fsp3) is 0.611. The summed E-state index contributed by atoms with van der Waals surface area (Å²) in [5, 5.41) is 3.13. The van der Waals surface area contributed by atoms with Crippen molar-refractivity contribution in [2.45, 2.75) is 19.3 Å². The van der Waals surface area contributed by atoms with Crippen molar-refractivity contribution in [3.63, 3.8) is 0 Å². The second-order valence-corrected chi connectivity index (χ2v) is 6.62. The number of hydrogen-bond acceptors (Lipinski definition) is 4. The second-order valence-electron chi connectivity index (χ2n) is 6.62. The Morgan fingerprint density at radius 2 is 1.87 bits per heavy atom. The van der Waals surface area contributed by atoms with E-state index in [4.69, 9.17) is 4.74 Å². The van der Waals surface area contributed by atoms with Gasteiger partial charge in [-0.05, 0) is 51.0 Å². The highest BCUT2D eigenvalue weighted by Crippen LogP contribution is 2.27. The summed E-state index contributed by atoms with van der Waals surface area (Å²) in [4.78, 5) is 17.1. The molecule has 23 heavy (non-hydrogen) atoms. The van der Waals surface area contributed by atoms with Crippen molar-refractivity contribution >= 4 is 17.3 Å². The van der Waals surface area contributed by atoms with Gasteiger partial charge in [0.05, 0.1) is 24.6 Å². The van der Waals surface area contributed by atoms with Crippen LogP contribution < -0.4 is 10.2 Å². The molecule has 0 radical (unpaired) electrons. The van der Waals surface area contributed by atoms with Crippen LogP contribution in [0.3, 0.4) is 0 Å². The topological polar surface area (TPSA) is 44.8 Å². The van der Waals surface area contributed by atoms with Crippen LogP contribution in [-0.2, 0) is 9.53 Å². The first-order valence-corrected chi connectivity index (χ1v) is 8.62. The maximum absolute atomic E-state index is 12.4. The molecule has 1 aromatic carbocycles. The number of likely N-dealkylation sites (tertiary alicyclic amines) is 1. The molecule has 0 aliphatic carbocycles. The van der Waals surface area contributed by atoms with Crippen LogP contribution in [0.15, 0.2) is 24.3 Å². The predicted octanol–water partition coefficient (Wildman–Crippen LogP) is 2.19. The number of nitrogens with one attached hydrogen (secondary N) is 1. The smallest absolute Gasteiger partial charge is 0.224 e. The normalized spacial score (nSPS) is 20.5. The van der Waals surface area contributed by atoms with Gasteiger partial charge in [0.25, 0.3) is 0 Å². The lowest BCUT2D eigenvalue weighted by Crippen LogP contribution is -2.37. The highest BCUT2D eigenvalue weighted by atomic mass is 16.5. The number of hydrogen-bond donors (Lipinski definition) is 1. The third-order valence-corrected chi connectivity index (χ3v) is 4.84. The molecule has 3 rings (SSSR count). The Labute approximate surface area is 138 Å². The fourth-order valence-electron chi connectivity index (χ4n) is 3.39. The minimum absolute atomic E-state index is 0.139. The first-order valence-electron chi connectivity index (χ1n) is 8.62. The summed E-state index contributed by atoms with van der Waals surface area (Å²) in [7, 11) is 2.15. The minimum Gasteiger partial charge on any atom is -0.378 e. The van der Waals surface area contributed by atoms with Crippen molar-refractivity contribution in [3.05, 3.63) is 24.3 Å². The first-order chi connectivity index (χ1) is 11.2. The minimum atomic E-state index is 0.139. The van der Waals surface area contributed by atoms with E-state index in [0.717, 1.165) is 63.6 Å². The molecule has 0 unspecified atom stereocenters. The number of para-hydroxylation sites is 2. The Hall–Kier alpha value is -1.59. The molecule has 0 atom stereocenters. The average molecular weight is 317 g/mol. The Morgan fingerprint density at radius 3 is 2.61 bits per heavy atom. The summed E-state index contributed by atoms with van der Waals surface area (Å²) in [6, 6.07) is 8.08. The van der Waals surface area contributed by atoms with Crippen molar-refractivity contribution < 1.29 is 9.53 Å². The van der Waals surface area contributed by atoms with E-state index in [2.05, 4.69) is 28.2 Å². The number of morpholine rings is 1. The molecule has 2 aliphatic rings. The van der Waals surface area contributed by atoms with E-state index in [1.54, 1.807) is 0 Å². The zero-order valence-electron chi connectivity index (χ0n) is 14.0. The molecule has 1 aromatic rings. The molecule has 5 nitrogen and oxygen atoms in total. The van der Waals surface area contributed by atoms with Crippen LogP contribution >= 0.6 is 0 Å². The molecule has 126 valence electrons. The van der Waals surface area contributed by atoms with Crippen molar-refractivity contribution in [1.82, 2.24) is 4.90 Å². The first kappa shape index (κ1) is 16.3. The van der Waals surface area contributed by atoms with E-state index < -0.39 is 0 Å². The van der Waals surface area contributed by atoms with E-state index >= 15 is 0 Å². The number of carbonyl (C=O) groups is 1. The SMILES string of the molecule is CN1CCC(CC(=O)Nc2ccccc2N2CCOCC2)CC1. The van der Waals surface area contributed by atoms with Crippen LogP contribution in [0.4, 0.5) is 11.4 Å². The molecule has 0 bridgehead atoms. The van der Waals surface area contributed by atoms with Crippen molar-refractivity contribution in [2.24, 2.45) is 5.92 Å². The summed E-state index contributed by atoms with van der Waals surface area (Å²) < 4.78 is 5.42. The van der Waals surface area contributed by atoms with Gasteiger partial charge in [-0.25, -0.2) is 0 Å². The van der Waals surface area contributed by atoms with Crippen LogP contribution in [0, 0.1) is 5.92 Å². The predicted molar refractivity (Wildman–Crippen MR) is 92.9 cm³/mol. The summed E-state index contributed by atoms with van der Waals surface area (Å²) in [6.45, 7) is 5.45. The van der Waals surface area contributed by atoms with Crippen molar-refractivity contribution in [3.8, 4) is 0 Å². The third kappa shape index (κ3) is 4.45. The van der Waals surface area contributed by atoms with Crippen LogP contribution in [0.2, 0.25) is 0 Å². The Bertz CT molecular complexity index is 521. The fourth-order valence-corrected chi connectivity index (χ4v) is 3.39. The number of rotatable bonds is 4. The maximum Gasteiger partial charge on any atom is 0.224 e. The molecule has 1 amide bonds. The Kier molecular flexibility index (Phi) is 5.51. The summed E-state index contributed by atoms with van der Waals surface area (Å²) in [5.41, 5.74) is 2.03. The van der Waals surface area contributed by atoms with Gasteiger partial charge in [0.1, 0.15) is 0 Å². The number of piperidine rings is 1. The Balaban J connectivity index is 1.59. The lowest BCUT2D eigenvalue weighted by Gasteiger charge is -2.31. The summed E-state index contributed by atoms with van der Waals surface area (Å²) >= 11 is 0. The molecule has 5 heteroatoms. The van der Waals surface area contributed by atoms with E-state index in [9.17, 15) is 4.79 Å². The van der Waals surface area contributed by atoms with Gasteiger partial charge in [0, 0.05) is 19.5 Å². The molecule has 0 spiro atoms. The van der Waals surface area contributed by atoms with E-state index in [1.807, 2.05) is 18.2 Å². The van der Waals surface area contributed by atoms with Crippen LogP contribution in [0.5, 0.6) is 0 Å². The average Bonchev–Trinajstić information content (AvgIpc) is 2.58. The molecule has 2 heterocycles. The van der Waals surface area contributed by atoms with Gasteiger partial charge in [-0.2, -0.15) is 0 Å². The molecule has 2 saturated heterocycles. The molecular weight excluding hydrogens is 290 g/mol. The van der Waals surface area contributed by atoms with Gasteiger partial charge < -0.3 is 19.9 Å². The number of carbonyl (C=O) groups excluding carboxylic acids is 1. The Morgan fingerprint density at radius 1 is 1.17 bits per heavy atom. The standard InChI is InChI=1S/C18H27N3O2/c1-20-8-6-15(7-9-20)14-18(22)19-16-4-2-3-5-17(16)21-10-12-23-13-11-21/h2-5,15H,6-14H2,1H3,(H,19,22). The van der Waals surface area contributed by atoms with Gasteiger partial charge in [-0.15, -0.1) is 0 Å². The van der Waals surface area contributed by atoms with Crippen LogP contribution in [-0.4, -0.2) is 57.2 Å². The van der Waals surface area contributed by atoms with Crippen molar-refractivity contribution in [1.29, 1.82) is 0 Å². The van der Waals surface area contributed by atoms with E-state index in [0.29, 0.717) is 12.3 Å². The third-order valence-electron chi connectivity index (χ3n) is 4.84. The largest absolute Gasteiger partial charge is 0.378 e. The van der Waals surface area contributed by atoms with Gasteiger partial charge >= 0.3 is 0 Å². The molecule has 2 aliphatic heterocycles. The highest BCUT2D eigenvalue weighted by Gasteiger charge is 2.21. The lowest BCUT2D eigenvalue weighted by molar-refractivity contribution is -0.117. The van der Waals surface area contributed by atoms with Gasteiger partial charge in [0.2, 0.25) is 5.91 Å². The molecular formula is C18H27N3O2. The highest BCUT2D eigenvalue weighted by molar-refractivity contribution is 5.94. The zero-order chi connectivity index (χ0) is 16.1. The van der Waals surface area contributed by atoms with Crippen LogP contribution in [0.25, 0.3) is 0 Å². The van der Waals surface area contributed by atoms with Crippen molar-refractivity contribution in [2.75, 3.05) is 56.7 Å². The number of ether oxygens (including phenoxy) is 1. The number of benzene rings is 1. The lowest BCUT2D eigenvalue weighted by atomic mass is 9.93. The zero-order valence-corrected chi connectivity index (χ0v) is 14.0. The molecule has 1 N–H and O–H groups in total.